The minimum atomic E-state index is -0.664. The first-order chi connectivity index (χ1) is 12.2. The minimum Gasteiger partial charge on any atom is -0.364 e. The van der Waals surface area contributed by atoms with Crippen molar-refractivity contribution in [3.05, 3.63) is 60.2 Å². The Morgan fingerprint density at radius 3 is 2.68 bits per heavy atom. The standard InChI is InChI=1S/C20H22N2O3/c1-2-25-19(15-8-4-3-5-9-15)20(24)21-16-10-6-11-17(14-16)22-13-7-12-18(22)23/h3-6,8-11,14,19H,2,7,12-13H2,1H3,(H,21,24). The molecule has 1 saturated heterocycles. The molecule has 5 heteroatoms. The van der Waals surface area contributed by atoms with Gasteiger partial charge in [0.1, 0.15) is 0 Å². The van der Waals surface area contributed by atoms with Gasteiger partial charge in [0, 0.05) is 30.9 Å². The van der Waals surface area contributed by atoms with Crippen LogP contribution in [0.5, 0.6) is 0 Å². The molecule has 2 amide bonds. The van der Waals surface area contributed by atoms with E-state index in [4.69, 9.17) is 4.74 Å². The van der Waals surface area contributed by atoms with E-state index in [1.807, 2.05) is 61.5 Å². The number of hydrogen-bond acceptors (Lipinski definition) is 3. The summed E-state index contributed by atoms with van der Waals surface area (Å²) in [6.07, 6.45) is 0.788. The van der Waals surface area contributed by atoms with Gasteiger partial charge in [-0.2, -0.15) is 0 Å². The summed E-state index contributed by atoms with van der Waals surface area (Å²) in [7, 11) is 0. The molecule has 1 aliphatic rings. The van der Waals surface area contributed by atoms with Crippen molar-refractivity contribution in [2.45, 2.75) is 25.9 Å². The average Bonchev–Trinajstić information content (AvgIpc) is 3.06. The van der Waals surface area contributed by atoms with Gasteiger partial charge in [-0.05, 0) is 37.1 Å². The van der Waals surface area contributed by atoms with Crippen LogP contribution in [-0.4, -0.2) is 25.0 Å². The summed E-state index contributed by atoms with van der Waals surface area (Å²) in [5, 5.41) is 2.90. The fourth-order valence-electron chi connectivity index (χ4n) is 3.00. The topological polar surface area (TPSA) is 58.6 Å². The smallest absolute Gasteiger partial charge is 0.258 e. The summed E-state index contributed by atoms with van der Waals surface area (Å²) in [5.74, 6) is -0.0992. The van der Waals surface area contributed by atoms with Crippen molar-refractivity contribution in [2.75, 3.05) is 23.4 Å². The van der Waals surface area contributed by atoms with Crippen molar-refractivity contribution >= 4 is 23.2 Å². The highest BCUT2D eigenvalue weighted by Crippen LogP contribution is 2.25. The number of benzene rings is 2. The van der Waals surface area contributed by atoms with Crippen molar-refractivity contribution in [2.24, 2.45) is 0 Å². The van der Waals surface area contributed by atoms with Gasteiger partial charge in [-0.15, -0.1) is 0 Å². The third kappa shape index (κ3) is 4.06. The fraction of sp³-hybridized carbons (Fsp3) is 0.300. The molecule has 25 heavy (non-hydrogen) atoms. The van der Waals surface area contributed by atoms with Crippen LogP contribution in [0.1, 0.15) is 31.4 Å². The Kier molecular flexibility index (Phi) is 5.46. The second-order valence-corrected chi connectivity index (χ2v) is 5.93. The lowest BCUT2D eigenvalue weighted by atomic mass is 10.1. The van der Waals surface area contributed by atoms with E-state index >= 15 is 0 Å². The lowest BCUT2D eigenvalue weighted by Gasteiger charge is -2.19. The van der Waals surface area contributed by atoms with Crippen LogP contribution in [0.4, 0.5) is 11.4 Å². The fourth-order valence-corrected chi connectivity index (χ4v) is 3.00. The molecule has 2 aromatic carbocycles. The first-order valence-corrected chi connectivity index (χ1v) is 8.57. The normalized spacial score (nSPS) is 15.2. The molecule has 1 aliphatic heterocycles. The monoisotopic (exact) mass is 338 g/mol. The van der Waals surface area contributed by atoms with Crippen molar-refractivity contribution in [3.8, 4) is 0 Å². The molecule has 0 bridgehead atoms. The maximum absolute atomic E-state index is 12.7. The number of nitrogens with zero attached hydrogens (tertiary/aromatic N) is 1. The Morgan fingerprint density at radius 1 is 1.20 bits per heavy atom. The molecule has 1 fully saturated rings. The molecule has 1 N–H and O–H groups in total. The molecule has 0 spiro atoms. The maximum Gasteiger partial charge on any atom is 0.258 e. The van der Waals surface area contributed by atoms with Crippen LogP contribution in [0.3, 0.4) is 0 Å². The zero-order chi connectivity index (χ0) is 17.6. The Labute approximate surface area is 147 Å². The lowest BCUT2D eigenvalue weighted by molar-refractivity contribution is -0.127. The Hall–Kier alpha value is -2.66. The maximum atomic E-state index is 12.7. The summed E-state index contributed by atoms with van der Waals surface area (Å²) in [6, 6.07) is 16.8. The van der Waals surface area contributed by atoms with E-state index in [1.54, 1.807) is 4.90 Å². The number of rotatable bonds is 6. The number of nitrogens with one attached hydrogen (secondary N) is 1. The van der Waals surface area contributed by atoms with Crippen molar-refractivity contribution < 1.29 is 14.3 Å². The summed E-state index contributed by atoms with van der Waals surface area (Å²) in [4.78, 5) is 26.3. The van der Waals surface area contributed by atoms with Gasteiger partial charge in [-0.1, -0.05) is 36.4 Å². The van der Waals surface area contributed by atoms with Gasteiger partial charge in [0.2, 0.25) is 5.91 Å². The first-order valence-electron chi connectivity index (χ1n) is 8.57. The third-order valence-electron chi connectivity index (χ3n) is 4.17. The summed E-state index contributed by atoms with van der Waals surface area (Å²) < 4.78 is 5.63. The average molecular weight is 338 g/mol. The van der Waals surface area contributed by atoms with Crippen molar-refractivity contribution in [3.63, 3.8) is 0 Å². The van der Waals surface area contributed by atoms with E-state index in [-0.39, 0.29) is 11.8 Å². The number of amides is 2. The molecule has 1 atom stereocenters. The van der Waals surface area contributed by atoms with Gasteiger partial charge in [-0.3, -0.25) is 9.59 Å². The molecule has 0 aromatic heterocycles. The number of carbonyl (C=O) groups excluding carboxylic acids is 2. The number of hydrogen-bond donors (Lipinski definition) is 1. The predicted octanol–water partition coefficient (Wildman–Crippen LogP) is 3.53. The highest BCUT2D eigenvalue weighted by atomic mass is 16.5. The van der Waals surface area contributed by atoms with Gasteiger partial charge in [0.25, 0.3) is 5.91 Å². The van der Waals surface area contributed by atoms with E-state index in [0.29, 0.717) is 18.7 Å². The van der Waals surface area contributed by atoms with Gasteiger partial charge >= 0.3 is 0 Å². The van der Waals surface area contributed by atoms with Crippen LogP contribution < -0.4 is 10.2 Å². The van der Waals surface area contributed by atoms with Crippen LogP contribution in [0.2, 0.25) is 0 Å². The number of anilines is 2. The van der Waals surface area contributed by atoms with E-state index in [9.17, 15) is 9.59 Å². The Bertz CT molecular complexity index is 746. The lowest BCUT2D eigenvalue weighted by Crippen LogP contribution is -2.25. The van der Waals surface area contributed by atoms with Crippen LogP contribution in [-0.2, 0) is 14.3 Å². The predicted molar refractivity (Wildman–Crippen MR) is 97.5 cm³/mol. The Balaban J connectivity index is 1.76. The van der Waals surface area contributed by atoms with Crippen LogP contribution >= 0.6 is 0 Å². The highest BCUT2D eigenvalue weighted by molar-refractivity contribution is 5.98. The summed E-state index contributed by atoms with van der Waals surface area (Å²) in [5.41, 5.74) is 2.28. The molecule has 1 unspecified atom stereocenters. The number of carbonyl (C=O) groups is 2. The molecular formula is C20H22N2O3. The third-order valence-corrected chi connectivity index (χ3v) is 4.17. The van der Waals surface area contributed by atoms with Crippen LogP contribution in [0.25, 0.3) is 0 Å². The molecule has 0 saturated carbocycles. The van der Waals surface area contributed by atoms with Gasteiger partial charge in [0.05, 0.1) is 0 Å². The summed E-state index contributed by atoms with van der Waals surface area (Å²) in [6.45, 7) is 3.03. The van der Waals surface area contributed by atoms with Gasteiger partial charge in [-0.25, -0.2) is 0 Å². The highest BCUT2D eigenvalue weighted by Gasteiger charge is 2.23. The molecule has 1 heterocycles. The van der Waals surface area contributed by atoms with Crippen molar-refractivity contribution in [1.29, 1.82) is 0 Å². The zero-order valence-corrected chi connectivity index (χ0v) is 14.3. The largest absolute Gasteiger partial charge is 0.364 e. The van der Waals surface area contributed by atoms with Gasteiger partial charge in [0.15, 0.2) is 6.10 Å². The second-order valence-electron chi connectivity index (χ2n) is 5.93. The SMILES string of the molecule is CCOC(C(=O)Nc1cccc(N2CCCC2=O)c1)c1ccccc1. The molecule has 130 valence electrons. The minimum absolute atomic E-state index is 0.125. The molecule has 2 aromatic rings. The van der Waals surface area contributed by atoms with Gasteiger partial charge < -0.3 is 15.0 Å². The second kappa shape index (κ2) is 7.94. The first kappa shape index (κ1) is 17.2. The van der Waals surface area contributed by atoms with E-state index < -0.39 is 6.10 Å². The molecular weight excluding hydrogens is 316 g/mol. The van der Waals surface area contributed by atoms with E-state index in [0.717, 1.165) is 24.2 Å². The summed E-state index contributed by atoms with van der Waals surface area (Å²) >= 11 is 0. The van der Waals surface area contributed by atoms with E-state index in [1.165, 1.54) is 0 Å². The number of ether oxygens (including phenoxy) is 1. The molecule has 0 radical (unpaired) electrons. The zero-order valence-electron chi connectivity index (χ0n) is 14.3. The van der Waals surface area contributed by atoms with Crippen molar-refractivity contribution in [1.82, 2.24) is 0 Å². The molecule has 3 rings (SSSR count). The van der Waals surface area contributed by atoms with E-state index in [2.05, 4.69) is 5.32 Å². The Morgan fingerprint density at radius 2 is 2.00 bits per heavy atom. The molecule has 0 aliphatic carbocycles. The molecule has 5 nitrogen and oxygen atoms in total. The van der Waals surface area contributed by atoms with Crippen LogP contribution in [0, 0.1) is 0 Å². The quantitative estimate of drug-likeness (QED) is 0.876. The van der Waals surface area contributed by atoms with Crippen LogP contribution in [0.15, 0.2) is 54.6 Å².